The van der Waals surface area contributed by atoms with Crippen molar-refractivity contribution in [3.05, 3.63) is 102 Å². The lowest BCUT2D eigenvalue weighted by Crippen LogP contribution is -2.48. The van der Waals surface area contributed by atoms with E-state index < -0.39 is 0 Å². The average molecular weight is 467 g/mol. The van der Waals surface area contributed by atoms with Crippen molar-refractivity contribution >= 4 is 28.3 Å². The molecule has 0 bridgehead atoms. The molecule has 35 heavy (non-hydrogen) atoms. The summed E-state index contributed by atoms with van der Waals surface area (Å²) in [6.45, 7) is 4.94. The van der Waals surface area contributed by atoms with E-state index in [0.29, 0.717) is 10.9 Å². The molecule has 6 nitrogen and oxygen atoms in total. The van der Waals surface area contributed by atoms with Gasteiger partial charge in [-0.2, -0.15) is 5.06 Å². The Morgan fingerprint density at radius 1 is 0.886 bits per heavy atom. The number of fused-ring (bicyclic) bond motifs is 1. The molecule has 1 aliphatic rings. The van der Waals surface area contributed by atoms with Gasteiger partial charge in [-0.15, -0.1) is 0 Å². The third-order valence-corrected chi connectivity index (χ3v) is 6.67. The SMILES string of the molecule is CCC(=O)N(O)c1nc2ccccc2cc1N1CCN(C(c2ccccc2)c2ccccc2)CC1. The van der Waals surface area contributed by atoms with E-state index in [4.69, 9.17) is 0 Å². The molecule has 2 heterocycles. The Morgan fingerprint density at radius 3 is 2.06 bits per heavy atom. The van der Waals surface area contributed by atoms with Crippen molar-refractivity contribution in [1.82, 2.24) is 9.88 Å². The summed E-state index contributed by atoms with van der Waals surface area (Å²) in [6, 6.07) is 31.2. The highest BCUT2D eigenvalue weighted by molar-refractivity contribution is 5.96. The molecule has 3 aromatic carbocycles. The summed E-state index contributed by atoms with van der Waals surface area (Å²) >= 11 is 0. The zero-order valence-corrected chi connectivity index (χ0v) is 19.9. The first-order valence-electron chi connectivity index (χ1n) is 12.2. The van der Waals surface area contributed by atoms with Gasteiger partial charge in [0.15, 0.2) is 5.82 Å². The van der Waals surface area contributed by atoms with Crippen LogP contribution in [0.1, 0.15) is 30.5 Å². The van der Waals surface area contributed by atoms with Crippen LogP contribution in [0.3, 0.4) is 0 Å². The normalized spacial score (nSPS) is 14.4. The molecule has 178 valence electrons. The minimum absolute atomic E-state index is 0.171. The number of benzene rings is 3. The Kier molecular flexibility index (Phi) is 6.75. The van der Waals surface area contributed by atoms with Crippen molar-refractivity contribution in [1.29, 1.82) is 0 Å². The van der Waals surface area contributed by atoms with Crippen LogP contribution in [0.2, 0.25) is 0 Å². The zero-order chi connectivity index (χ0) is 24.2. The summed E-state index contributed by atoms with van der Waals surface area (Å²) in [5, 5.41) is 12.4. The summed E-state index contributed by atoms with van der Waals surface area (Å²) in [6.07, 6.45) is 0.202. The van der Waals surface area contributed by atoms with Crippen LogP contribution >= 0.6 is 0 Å². The molecule has 1 amide bonds. The van der Waals surface area contributed by atoms with Gasteiger partial charge in [0.25, 0.3) is 5.91 Å². The fourth-order valence-corrected chi connectivity index (χ4v) is 4.86. The first-order chi connectivity index (χ1) is 17.2. The minimum Gasteiger partial charge on any atom is -0.366 e. The van der Waals surface area contributed by atoms with Gasteiger partial charge in [-0.1, -0.05) is 85.8 Å². The Labute approximate surface area is 206 Å². The third kappa shape index (κ3) is 4.76. The molecular weight excluding hydrogens is 436 g/mol. The molecular formula is C29H30N4O2. The van der Waals surface area contributed by atoms with Crippen molar-refractivity contribution in [2.45, 2.75) is 19.4 Å². The highest BCUT2D eigenvalue weighted by Gasteiger charge is 2.29. The summed E-state index contributed by atoms with van der Waals surface area (Å²) < 4.78 is 0. The van der Waals surface area contributed by atoms with Gasteiger partial charge in [0.05, 0.1) is 17.2 Å². The van der Waals surface area contributed by atoms with E-state index in [9.17, 15) is 10.0 Å². The number of carbonyl (C=O) groups is 1. The van der Waals surface area contributed by atoms with E-state index in [0.717, 1.165) is 42.8 Å². The molecule has 6 heteroatoms. The molecule has 4 aromatic rings. The van der Waals surface area contributed by atoms with Gasteiger partial charge in [0.2, 0.25) is 0 Å². The maximum Gasteiger partial charge on any atom is 0.251 e. The highest BCUT2D eigenvalue weighted by atomic mass is 16.5. The van der Waals surface area contributed by atoms with Gasteiger partial charge >= 0.3 is 0 Å². The van der Waals surface area contributed by atoms with Crippen molar-refractivity contribution < 1.29 is 10.0 Å². The first-order valence-corrected chi connectivity index (χ1v) is 12.2. The molecule has 5 rings (SSSR count). The van der Waals surface area contributed by atoms with Crippen molar-refractivity contribution in [2.24, 2.45) is 0 Å². The minimum atomic E-state index is -0.374. The Morgan fingerprint density at radius 2 is 1.46 bits per heavy atom. The Bertz CT molecular complexity index is 1250. The van der Waals surface area contributed by atoms with E-state index in [2.05, 4.69) is 75.4 Å². The smallest absolute Gasteiger partial charge is 0.251 e. The molecule has 0 aliphatic carbocycles. The maximum absolute atomic E-state index is 12.3. The van der Waals surface area contributed by atoms with E-state index in [1.165, 1.54) is 11.1 Å². The predicted molar refractivity (Wildman–Crippen MR) is 140 cm³/mol. The number of nitrogens with zero attached hydrogens (tertiary/aromatic N) is 4. The molecule has 0 spiro atoms. The van der Waals surface area contributed by atoms with Gasteiger partial charge in [0.1, 0.15) is 0 Å². The first kappa shape index (κ1) is 23.0. The van der Waals surface area contributed by atoms with Crippen LogP contribution < -0.4 is 9.96 Å². The number of rotatable bonds is 6. The van der Waals surface area contributed by atoms with Crippen molar-refractivity contribution in [3.63, 3.8) is 0 Å². The standard InChI is InChI=1S/C29H30N4O2/c1-2-27(34)33(35)29-26(21-24-15-9-10-16-25(24)30-29)31-17-19-32(20-18-31)28(22-11-5-3-6-12-22)23-13-7-4-8-14-23/h3-16,21,28,35H,2,17-20H2,1H3. The van der Waals surface area contributed by atoms with E-state index in [-0.39, 0.29) is 18.4 Å². The summed E-state index contributed by atoms with van der Waals surface area (Å²) in [7, 11) is 0. The Hall–Kier alpha value is -3.74. The molecule has 0 saturated carbocycles. The van der Waals surface area contributed by atoms with E-state index in [1.807, 2.05) is 30.3 Å². The van der Waals surface area contributed by atoms with Gasteiger partial charge < -0.3 is 4.90 Å². The molecule has 1 aromatic heterocycles. The molecule has 1 saturated heterocycles. The lowest BCUT2D eigenvalue weighted by Gasteiger charge is -2.41. The third-order valence-electron chi connectivity index (χ3n) is 6.67. The summed E-state index contributed by atoms with van der Waals surface area (Å²) in [4.78, 5) is 21.7. The van der Waals surface area contributed by atoms with Gasteiger partial charge in [-0.3, -0.25) is 14.9 Å². The number of carbonyl (C=O) groups excluding carboxylic acids is 1. The second-order valence-corrected chi connectivity index (χ2v) is 8.83. The van der Waals surface area contributed by atoms with Crippen LogP contribution in [-0.2, 0) is 4.79 Å². The lowest BCUT2D eigenvalue weighted by molar-refractivity contribution is -0.123. The second-order valence-electron chi connectivity index (χ2n) is 8.83. The molecule has 1 aliphatic heterocycles. The van der Waals surface area contributed by atoms with Gasteiger partial charge in [-0.25, -0.2) is 4.98 Å². The van der Waals surface area contributed by atoms with E-state index in [1.54, 1.807) is 6.92 Å². The number of hydroxylamine groups is 1. The number of anilines is 2. The van der Waals surface area contributed by atoms with Crippen LogP contribution in [0.4, 0.5) is 11.5 Å². The number of hydrogen-bond donors (Lipinski definition) is 1. The zero-order valence-electron chi connectivity index (χ0n) is 19.9. The monoisotopic (exact) mass is 466 g/mol. The predicted octanol–water partition coefficient (Wildman–Crippen LogP) is 5.28. The topological polar surface area (TPSA) is 59.9 Å². The largest absolute Gasteiger partial charge is 0.366 e. The number of para-hydroxylation sites is 1. The second kappa shape index (κ2) is 10.3. The van der Waals surface area contributed by atoms with Crippen LogP contribution in [0.25, 0.3) is 10.9 Å². The van der Waals surface area contributed by atoms with E-state index >= 15 is 0 Å². The lowest BCUT2D eigenvalue weighted by atomic mass is 9.96. The highest BCUT2D eigenvalue weighted by Crippen LogP contribution is 2.34. The Balaban J connectivity index is 1.44. The summed E-state index contributed by atoms with van der Waals surface area (Å²) in [5.74, 6) is -0.0763. The molecule has 0 radical (unpaired) electrons. The van der Waals surface area contributed by atoms with Crippen molar-refractivity contribution in [2.75, 3.05) is 36.1 Å². The van der Waals surface area contributed by atoms with Gasteiger partial charge in [0, 0.05) is 38.0 Å². The molecule has 0 unspecified atom stereocenters. The quantitative estimate of drug-likeness (QED) is 0.310. The molecule has 1 N–H and O–H groups in total. The van der Waals surface area contributed by atoms with Crippen LogP contribution in [0.15, 0.2) is 91.0 Å². The number of piperazine rings is 1. The van der Waals surface area contributed by atoms with Crippen molar-refractivity contribution in [3.8, 4) is 0 Å². The average Bonchev–Trinajstić information content (AvgIpc) is 2.93. The molecule has 0 atom stereocenters. The van der Waals surface area contributed by atoms with Gasteiger partial charge in [-0.05, 0) is 23.3 Å². The van der Waals surface area contributed by atoms with Crippen LogP contribution in [0.5, 0.6) is 0 Å². The maximum atomic E-state index is 12.3. The van der Waals surface area contributed by atoms with Crippen LogP contribution in [0, 0.1) is 0 Å². The number of amides is 1. The fraction of sp³-hybridized carbons (Fsp3) is 0.241. The molecule has 1 fully saturated rings. The number of aromatic nitrogens is 1. The number of pyridine rings is 1. The summed E-state index contributed by atoms with van der Waals surface area (Å²) in [5.41, 5.74) is 4.08. The fourth-order valence-electron chi connectivity index (χ4n) is 4.86. The number of hydrogen-bond acceptors (Lipinski definition) is 5. The van der Waals surface area contributed by atoms with Crippen LogP contribution in [-0.4, -0.2) is 47.2 Å².